The van der Waals surface area contributed by atoms with Crippen LogP contribution in [-0.4, -0.2) is 33.1 Å². The first-order valence-electron chi connectivity index (χ1n) is 5.06. The Morgan fingerprint density at radius 3 is 2.47 bits per heavy atom. The molecule has 5 nitrogen and oxygen atoms in total. The van der Waals surface area contributed by atoms with Crippen molar-refractivity contribution < 1.29 is 23.8 Å². The molecule has 0 amide bonds. The number of hydrogen-bond donors (Lipinski definition) is 0. The van der Waals surface area contributed by atoms with E-state index in [0.717, 1.165) is 0 Å². The lowest BCUT2D eigenvalue weighted by Crippen LogP contribution is -2.10. The Morgan fingerprint density at radius 2 is 2.00 bits per heavy atom. The van der Waals surface area contributed by atoms with Gasteiger partial charge in [0, 0.05) is 11.6 Å². The molecular weight excluding hydrogens is 224 g/mol. The van der Waals surface area contributed by atoms with Crippen molar-refractivity contribution in [2.45, 2.75) is 6.92 Å². The van der Waals surface area contributed by atoms with Crippen molar-refractivity contribution >= 4 is 12.3 Å². The van der Waals surface area contributed by atoms with Gasteiger partial charge in [-0.05, 0) is 13.0 Å². The normalized spacial score (nSPS) is 9.59. The number of carbonyl (C=O) groups excluding carboxylic acids is 2. The average molecular weight is 238 g/mol. The smallest absolute Gasteiger partial charge is 0.342 e. The summed E-state index contributed by atoms with van der Waals surface area (Å²) in [7, 11) is 2.87. The molecule has 0 bridgehead atoms. The standard InChI is InChI=1S/C12H14O5/c1-4-17-12(14)11-8(7-13)5-9(15-2)6-10(11)16-3/h5-7H,4H2,1-3H3. The van der Waals surface area contributed by atoms with E-state index in [-0.39, 0.29) is 23.5 Å². The van der Waals surface area contributed by atoms with E-state index >= 15 is 0 Å². The highest BCUT2D eigenvalue weighted by Gasteiger charge is 2.20. The minimum atomic E-state index is -0.589. The Hall–Kier alpha value is -2.04. The highest BCUT2D eigenvalue weighted by molar-refractivity contribution is 6.01. The number of methoxy groups -OCH3 is 2. The molecule has 0 aliphatic carbocycles. The monoisotopic (exact) mass is 238 g/mol. The molecule has 0 unspecified atom stereocenters. The van der Waals surface area contributed by atoms with Crippen LogP contribution in [0.4, 0.5) is 0 Å². The maximum atomic E-state index is 11.7. The first-order chi connectivity index (χ1) is 8.17. The van der Waals surface area contributed by atoms with Gasteiger partial charge in [-0.2, -0.15) is 0 Å². The van der Waals surface area contributed by atoms with Gasteiger partial charge < -0.3 is 14.2 Å². The second-order valence-electron chi connectivity index (χ2n) is 3.13. The zero-order valence-corrected chi connectivity index (χ0v) is 9.98. The Bertz CT molecular complexity index is 425. The highest BCUT2D eigenvalue weighted by atomic mass is 16.5. The molecule has 0 aromatic heterocycles. The fourth-order valence-electron chi connectivity index (χ4n) is 1.40. The maximum Gasteiger partial charge on any atom is 0.342 e. The molecular formula is C12H14O5. The largest absolute Gasteiger partial charge is 0.497 e. The van der Waals surface area contributed by atoms with Gasteiger partial charge in [-0.3, -0.25) is 4.79 Å². The number of benzene rings is 1. The van der Waals surface area contributed by atoms with Gasteiger partial charge >= 0.3 is 5.97 Å². The van der Waals surface area contributed by atoms with Crippen LogP contribution in [0, 0.1) is 0 Å². The van der Waals surface area contributed by atoms with Gasteiger partial charge in [0.1, 0.15) is 17.1 Å². The van der Waals surface area contributed by atoms with E-state index in [2.05, 4.69) is 0 Å². The minimum Gasteiger partial charge on any atom is -0.497 e. The van der Waals surface area contributed by atoms with Crippen LogP contribution in [0.25, 0.3) is 0 Å². The molecule has 5 heteroatoms. The van der Waals surface area contributed by atoms with Crippen LogP contribution in [0.1, 0.15) is 27.6 Å². The summed E-state index contributed by atoms with van der Waals surface area (Å²) in [6.45, 7) is 1.92. The van der Waals surface area contributed by atoms with E-state index < -0.39 is 5.97 Å². The van der Waals surface area contributed by atoms with Gasteiger partial charge in [-0.15, -0.1) is 0 Å². The van der Waals surface area contributed by atoms with Gasteiger partial charge in [-0.25, -0.2) is 4.79 Å². The van der Waals surface area contributed by atoms with Crippen molar-refractivity contribution in [2.24, 2.45) is 0 Å². The molecule has 0 heterocycles. The fourth-order valence-corrected chi connectivity index (χ4v) is 1.40. The van der Waals surface area contributed by atoms with Crippen LogP contribution in [0.2, 0.25) is 0 Å². The first-order valence-corrected chi connectivity index (χ1v) is 5.06. The molecule has 0 saturated heterocycles. The van der Waals surface area contributed by atoms with Crippen LogP contribution < -0.4 is 9.47 Å². The summed E-state index contributed by atoms with van der Waals surface area (Å²) >= 11 is 0. The zero-order valence-electron chi connectivity index (χ0n) is 9.98. The summed E-state index contributed by atoms with van der Waals surface area (Å²) in [4.78, 5) is 22.7. The second kappa shape index (κ2) is 5.89. The van der Waals surface area contributed by atoms with E-state index in [4.69, 9.17) is 14.2 Å². The molecule has 1 rings (SSSR count). The molecule has 0 aliphatic rings. The molecule has 0 radical (unpaired) electrons. The molecule has 0 atom stereocenters. The molecule has 17 heavy (non-hydrogen) atoms. The molecule has 92 valence electrons. The van der Waals surface area contributed by atoms with Crippen LogP contribution >= 0.6 is 0 Å². The number of rotatable bonds is 5. The molecule has 1 aromatic rings. The minimum absolute atomic E-state index is 0.116. The summed E-state index contributed by atoms with van der Waals surface area (Å²) in [5, 5.41) is 0. The van der Waals surface area contributed by atoms with E-state index in [9.17, 15) is 9.59 Å². The lowest BCUT2D eigenvalue weighted by molar-refractivity contribution is 0.0520. The van der Waals surface area contributed by atoms with Crippen LogP contribution in [0.3, 0.4) is 0 Å². The summed E-state index contributed by atoms with van der Waals surface area (Å²) in [6, 6.07) is 2.99. The molecule has 0 N–H and O–H groups in total. The number of aldehydes is 1. The molecule has 0 aliphatic heterocycles. The van der Waals surface area contributed by atoms with Crippen LogP contribution in [0.5, 0.6) is 11.5 Å². The quantitative estimate of drug-likeness (QED) is 0.577. The number of hydrogen-bond acceptors (Lipinski definition) is 5. The summed E-state index contributed by atoms with van der Waals surface area (Å²) < 4.78 is 14.9. The highest BCUT2D eigenvalue weighted by Crippen LogP contribution is 2.28. The first kappa shape index (κ1) is 13.0. The van der Waals surface area contributed by atoms with Crippen molar-refractivity contribution in [3.63, 3.8) is 0 Å². The van der Waals surface area contributed by atoms with Crippen molar-refractivity contribution in [2.75, 3.05) is 20.8 Å². The molecule has 1 aromatic carbocycles. The molecule has 0 saturated carbocycles. The number of esters is 1. The lowest BCUT2D eigenvalue weighted by Gasteiger charge is -2.11. The second-order valence-corrected chi connectivity index (χ2v) is 3.13. The van der Waals surface area contributed by atoms with Crippen LogP contribution in [-0.2, 0) is 4.74 Å². The Morgan fingerprint density at radius 1 is 1.29 bits per heavy atom. The number of ether oxygens (including phenoxy) is 3. The van der Waals surface area contributed by atoms with Crippen molar-refractivity contribution in [3.8, 4) is 11.5 Å². The van der Waals surface area contributed by atoms with Crippen molar-refractivity contribution in [1.29, 1.82) is 0 Å². The molecule has 0 spiro atoms. The van der Waals surface area contributed by atoms with Crippen molar-refractivity contribution in [1.82, 2.24) is 0 Å². The van der Waals surface area contributed by atoms with E-state index in [1.807, 2.05) is 0 Å². The van der Waals surface area contributed by atoms with Crippen LogP contribution in [0.15, 0.2) is 12.1 Å². The zero-order chi connectivity index (χ0) is 12.8. The van der Waals surface area contributed by atoms with E-state index in [1.165, 1.54) is 26.4 Å². The Balaban J connectivity index is 3.34. The third-order valence-electron chi connectivity index (χ3n) is 2.17. The van der Waals surface area contributed by atoms with Gasteiger partial charge in [-0.1, -0.05) is 0 Å². The van der Waals surface area contributed by atoms with E-state index in [0.29, 0.717) is 12.0 Å². The third kappa shape index (κ3) is 2.75. The Labute approximate surface area is 99.3 Å². The van der Waals surface area contributed by atoms with Gasteiger partial charge in [0.25, 0.3) is 0 Å². The summed E-state index contributed by atoms with van der Waals surface area (Å²) in [6.07, 6.45) is 0.567. The van der Waals surface area contributed by atoms with Gasteiger partial charge in [0.2, 0.25) is 0 Å². The van der Waals surface area contributed by atoms with Crippen molar-refractivity contribution in [3.05, 3.63) is 23.3 Å². The predicted molar refractivity (Wildman–Crippen MR) is 60.9 cm³/mol. The summed E-state index contributed by atoms with van der Waals surface area (Å²) in [5.41, 5.74) is 0.296. The van der Waals surface area contributed by atoms with Gasteiger partial charge in [0.05, 0.1) is 20.8 Å². The Kier molecular flexibility index (Phi) is 4.51. The summed E-state index contributed by atoms with van der Waals surface area (Å²) in [5.74, 6) is 0.107. The molecule has 0 fully saturated rings. The predicted octanol–water partition coefficient (Wildman–Crippen LogP) is 1.69. The average Bonchev–Trinajstić information content (AvgIpc) is 2.37. The topological polar surface area (TPSA) is 61.8 Å². The maximum absolute atomic E-state index is 11.7. The SMILES string of the molecule is CCOC(=O)c1c(C=O)cc(OC)cc1OC. The van der Waals surface area contributed by atoms with Gasteiger partial charge in [0.15, 0.2) is 6.29 Å². The third-order valence-corrected chi connectivity index (χ3v) is 2.17. The number of carbonyl (C=O) groups is 2. The fraction of sp³-hybridized carbons (Fsp3) is 0.333. The van der Waals surface area contributed by atoms with E-state index in [1.54, 1.807) is 6.92 Å². The lowest BCUT2D eigenvalue weighted by atomic mass is 10.1.